The zero-order valence-corrected chi connectivity index (χ0v) is 10.1. The zero-order valence-electron chi connectivity index (χ0n) is 10.1. The molecule has 0 saturated heterocycles. The van der Waals surface area contributed by atoms with Gasteiger partial charge in [0.05, 0.1) is 0 Å². The molecule has 1 heteroatoms. The van der Waals surface area contributed by atoms with Crippen LogP contribution in [0, 0.1) is 12.8 Å². The predicted molar refractivity (Wildman–Crippen MR) is 63.3 cm³/mol. The molecule has 0 fully saturated rings. The van der Waals surface area contributed by atoms with Gasteiger partial charge in [0.15, 0.2) is 0 Å². The fraction of sp³-hybridized carbons (Fsp3) is 0.923. The van der Waals surface area contributed by atoms with Crippen LogP contribution < -0.4 is 0 Å². The molecule has 0 aliphatic rings. The van der Waals surface area contributed by atoms with Crippen LogP contribution in [0.5, 0.6) is 0 Å². The third-order valence-corrected chi connectivity index (χ3v) is 2.69. The molecule has 0 N–H and O–H groups in total. The van der Waals surface area contributed by atoms with Gasteiger partial charge >= 0.3 is 0 Å². The second kappa shape index (κ2) is 11.0. The third-order valence-electron chi connectivity index (χ3n) is 2.69. The van der Waals surface area contributed by atoms with Gasteiger partial charge in [0.25, 0.3) is 0 Å². The second-order valence-corrected chi connectivity index (χ2v) is 4.05. The highest BCUT2D eigenvalue weighted by Gasteiger charge is 2.05. The van der Waals surface area contributed by atoms with Gasteiger partial charge in [0.2, 0.25) is 0 Å². The molecular weight excluding hydrogens is 172 g/mol. The monoisotopic (exact) mass is 199 g/mol. The van der Waals surface area contributed by atoms with Crippen LogP contribution in [0.25, 0.3) is 0 Å². The fourth-order valence-corrected chi connectivity index (χ4v) is 1.53. The van der Waals surface area contributed by atoms with Crippen molar-refractivity contribution in [2.45, 2.75) is 58.8 Å². The van der Waals surface area contributed by atoms with Gasteiger partial charge in [-0.3, -0.25) is 0 Å². The molecule has 14 heavy (non-hydrogen) atoms. The van der Waals surface area contributed by atoms with Gasteiger partial charge in [-0.1, -0.05) is 52.9 Å². The maximum atomic E-state index is 5.66. The van der Waals surface area contributed by atoms with Crippen LogP contribution in [-0.4, -0.2) is 13.2 Å². The van der Waals surface area contributed by atoms with E-state index < -0.39 is 0 Å². The Hall–Kier alpha value is -0.0400. The Kier molecular flexibility index (Phi) is 11.0. The summed E-state index contributed by atoms with van der Waals surface area (Å²) in [7, 11) is 0. The molecule has 0 aromatic rings. The number of ether oxygens (including phenoxy) is 1. The normalized spacial score (nSPS) is 13.1. The lowest BCUT2D eigenvalue weighted by Crippen LogP contribution is -2.09. The van der Waals surface area contributed by atoms with Crippen LogP contribution in [0.3, 0.4) is 0 Å². The first-order valence-electron chi connectivity index (χ1n) is 6.22. The van der Waals surface area contributed by atoms with E-state index in [0.717, 1.165) is 25.6 Å². The summed E-state index contributed by atoms with van der Waals surface area (Å²) in [4.78, 5) is 0. The van der Waals surface area contributed by atoms with Crippen LogP contribution in [0.1, 0.15) is 58.8 Å². The molecule has 0 bridgehead atoms. The summed E-state index contributed by atoms with van der Waals surface area (Å²) in [5.41, 5.74) is 0. The molecule has 1 nitrogen and oxygen atoms in total. The average molecular weight is 199 g/mol. The van der Waals surface area contributed by atoms with E-state index in [9.17, 15) is 0 Å². The van der Waals surface area contributed by atoms with Gasteiger partial charge in [-0.15, -0.1) is 0 Å². The third kappa shape index (κ3) is 8.55. The summed E-state index contributed by atoms with van der Waals surface area (Å²) in [5, 5.41) is 0. The highest BCUT2D eigenvalue weighted by Crippen LogP contribution is 2.12. The SMILES string of the molecule is [CH2]CCCCOCC(CC)CCCC. The molecule has 0 aromatic heterocycles. The lowest BCUT2D eigenvalue weighted by atomic mass is 10.0. The zero-order chi connectivity index (χ0) is 10.6. The topological polar surface area (TPSA) is 9.23 Å². The summed E-state index contributed by atoms with van der Waals surface area (Å²) in [5.74, 6) is 0.787. The number of hydrogen-bond acceptors (Lipinski definition) is 1. The van der Waals surface area contributed by atoms with Crippen molar-refractivity contribution in [2.24, 2.45) is 5.92 Å². The van der Waals surface area contributed by atoms with Crippen molar-refractivity contribution in [1.82, 2.24) is 0 Å². The second-order valence-electron chi connectivity index (χ2n) is 4.05. The van der Waals surface area contributed by atoms with E-state index in [4.69, 9.17) is 4.74 Å². The van der Waals surface area contributed by atoms with Crippen molar-refractivity contribution in [3.05, 3.63) is 6.92 Å². The molecule has 0 aromatic carbocycles. The van der Waals surface area contributed by atoms with Crippen molar-refractivity contribution in [1.29, 1.82) is 0 Å². The molecule has 0 amide bonds. The van der Waals surface area contributed by atoms with E-state index in [2.05, 4.69) is 20.8 Å². The first-order chi connectivity index (χ1) is 6.85. The Morgan fingerprint density at radius 2 is 1.93 bits per heavy atom. The summed E-state index contributed by atoms with van der Waals surface area (Å²) in [6.07, 6.45) is 8.66. The van der Waals surface area contributed by atoms with E-state index in [0.29, 0.717) is 0 Å². The minimum absolute atomic E-state index is 0.787. The van der Waals surface area contributed by atoms with Gasteiger partial charge in [0.1, 0.15) is 0 Å². The molecule has 0 heterocycles. The lowest BCUT2D eigenvalue weighted by Gasteiger charge is -2.14. The van der Waals surface area contributed by atoms with E-state index in [1.807, 2.05) is 0 Å². The molecule has 0 spiro atoms. The van der Waals surface area contributed by atoms with E-state index in [1.165, 1.54) is 38.5 Å². The minimum atomic E-state index is 0.787. The minimum Gasteiger partial charge on any atom is -0.381 e. The Bertz CT molecular complexity index is 101. The van der Waals surface area contributed by atoms with Crippen molar-refractivity contribution < 1.29 is 4.74 Å². The Labute approximate surface area is 90.2 Å². The van der Waals surface area contributed by atoms with E-state index >= 15 is 0 Å². The molecule has 85 valence electrons. The maximum absolute atomic E-state index is 5.66. The first-order valence-corrected chi connectivity index (χ1v) is 6.22. The van der Waals surface area contributed by atoms with Crippen LogP contribution in [0.4, 0.5) is 0 Å². The van der Waals surface area contributed by atoms with Crippen molar-refractivity contribution in [3.63, 3.8) is 0 Å². The van der Waals surface area contributed by atoms with Crippen molar-refractivity contribution in [2.75, 3.05) is 13.2 Å². The van der Waals surface area contributed by atoms with Crippen LogP contribution in [0.2, 0.25) is 0 Å². The Balaban J connectivity index is 3.24. The molecule has 0 rings (SSSR count). The van der Waals surface area contributed by atoms with Gasteiger partial charge in [-0.25, -0.2) is 0 Å². The quantitative estimate of drug-likeness (QED) is 0.479. The van der Waals surface area contributed by atoms with E-state index in [-0.39, 0.29) is 0 Å². The summed E-state index contributed by atoms with van der Waals surface area (Å²) in [6.45, 7) is 10.2. The molecule has 0 aliphatic heterocycles. The first kappa shape index (κ1) is 14.0. The maximum Gasteiger partial charge on any atom is 0.0494 e. The van der Waals surface area contributed by atoms with Crippen molar-refractivity contribution in [3.8, 4) is 0 Å². The molecule has 1 atom stereocenters. The summed E-state index contributed by atoms with van der Waals surface area (Å²) >= 11 is 0. The van der Waals surface area contributed by atoms with Crippen LogP contribution in [0.15, 0.2) is 0 Å². The fourth-order valence-electron chi connectivity index (χ4n) is 1.53. The average Bonchev–Trinajstić information content (AvgIpc) is 2.22. The van der Waals surface area contributed by atoms with Crippen LogP contribution in [-0.2, 0) is 4.74 Å². The Morgan fingerprint density at radius 1 is 1.14 bits per heavy atom. The highest BCUT2D eigenvalue weighted by molar-refractivity contribution is 4.55. The summed E-state index contributed by atoms with van der Waals surface area (Å²) in [6, 6.07) is 0. The smallest absolute Gasteiger partial charge is 0.0494 e. The Morgan fingerprint density at radius 3 is 2.50 bits per heavy atom. The standard InChI is InChI=1S/C13H27O/c1-4-7-9-11-14-12-13(6-3)10-8-5-2/h13H,1,4-12H2,2-3H3. The number of hydrogen-bond donors (Lipinski definition) is 0. The predicted octanol–water partition coefficient (Wildman–Crippen LogP) is 4.22. The molecule has 1 unspecified atom stereocenters. The van der Waals surface area contributed by atoms with Gasteiger partial charge < -0.3 is 4.74 Å². The number of rotatable bonds is 10. The van der Waals surface area contributed by atoms with Gasteiger partial charge in [0, 0.05) is 13.2 Å². The number of unbranched alkanes of at least 4 members (excludes halogenated alkanes) is 3. The molecule has 1 radical (unpaired) electrons. The molecular formula is C13H27O. The lowest BCUT2D eigenvalue weighted by molar-refractivity contribution is 0.0913. The van der Waals surface area contributed by atoms with Gasteiger partial charge in [-0.05, 0) is 18.8 Å². The highest BCUT2D eigenvalue weighted by atomic mass is 16.5. The van der Waals surface area contributed by atoms with Gasteiger partial charge in [-0.2, -0.15) is 0 Å². The van der Waals surface area contributed by atoms with Crippen molar-refractivity contribution >= 4 is 0 Å². The largest absolute Gasteiger partial charge is 0.381 e. The molecule has 0 saturated carbocycles. The summed E-state index contributed by atoms with van der Waals surface area (Å²) < 4.78 is 5.66. The van der Waals surface area contributed by atoms with E-state index in [1.54, 1.807) is 0 Å². The molecule has 0 aliphatic carbocycles. The van der Waals surface area contributed by atoms with Crippen LogP contribution >= 0.6 is 0 Å².